The number of hydrogen-bond acceptors (Lipinski definition) is 12. The largest absolute Gasteiger partial charge is 3.00 e. The van der Waals surface area contributed by atoms with E-state index in [-0.39, 0.29) is 24.4 Å². The quantitative estimate of drug-likeness (QED) is 0.0332. The molecule has 0 aliphatic rings. The molecular formula is C48H102O6P3S6Sb. The average molecular weight is 1180 g/mol. The van der Waals surface area contributed by atoms with Crippen LogP contribution in [0.3, 0.4) is 0 Å². The van der Waals surface area contributed by atoms with Crippen molar-refractivity contribution >= 4 is 114 Å². The van der Waals surface area contributed by atoms with E-state index in [1.165, 1.54) is 116 Å². The number of hydrogen-bond donors (Lipinski definition) is 0. The first-order valence-electron chi connectivity index (χ1n) is 25.8. The molecule has 386 valence electrons. The van der Waals surface area contributed by atoms with Gasteiger partial charge in [-0.1, -0.05) is 234 Å². The summed E-state index contributed by atoms with van der Waals surface area (Å²) >= 11 is 32.3. The van der Waals surface area contributed by atoms with Crippen molar-refractivity contribution in [2.45, 2.75) is 237 Å². The first-order valence-corrected chi connectivity index (χ1v) is 36.7. The SMILES string of the molecule is CCCCC(CC)COP(=S)([S-])OCC(CC)CCCC.CCCCC(CC)COP(=S)([S-])OCC(CC)CCCC.CCCCC(CC)COP(=S)([S-])OCC(CC)CCCC.[Sb+3]. The smallest absolute Gasteiger partial charge is 0.691 e. The maximum Gasteiger partial charge on any atom is 3.00 e. The Morgan fingerprint density at radius 2 is 0.422 bits per heavy atom. The van der Waals surface area contributed by atoms with Crippen molar-refractivity contribution in [2.24, 2.45) is 35.5 Å². The molecule has 6 unspecified atom stereocenters. The molecule has 6 atom stereocenters. The van der Waals surface area contributed by atoms with Gasteiger partial charge < -0.3 is 63.9 Å². The topological polar surface area (TPSA) is 55.4 Å². The fourth-order valence-electron chi connectivity index (χ4n) is 6.68. The summed E-state index contributed by atoms with van der Waals surface area (Å²) in [7, 11) is 0. The van der Waals surface area contributed by atoms with Gasteiger partial charge in [0.25, 0.3) is 0 Å². The molecule has 0 aliphatic carbocycles. The molecule has 0 saturated carbocycles. The molecule has 0 bridgehead atoms. The minimum absolute atomic E-state index is 0. The Morgan fingerprint density at radius 1 is 0.297 bits per heavy atom. The third-order valence-corrected chi connectivity index (χ3v) is 18.7. The molecule has 0 aromatic rings. The van der Waals surface area contributed by atoms with Crippen LogP contribution in [0.25, 0.3) is 0 Å². The number of rotatable bonds is 42. The molecule has 0 rings (SSSR count). The summed E-state index contributed by atoms with van der Waals surface area (Å²) in [6.07, 6.45) is 28.8. The van der Waals surface area contributed by atoms with Gasteiger partial charge in [0.05, 0.1) is 56.7 Å². The molecule has 0 spiro atoms. The van der Waals surface area contributed by atoms with E-state index in [9.17, 15) is 0 Å². The molecule has 0 heterocycles. The summed E-state index contributed by atoms with van der Waals surface area (Å²) in [4.78, 5) is 0. The molecule has 0 fully saturated rings. The van der Waals surface area contributed by atoms with Crippen molar-refractivity contribution in [1.82, 2.24) is 0 Å². The second-order valence-electron chi connectivity index (χ2n) is 17.6. The summed E-state index contributed by atoms with van der Waals surface area (Å²) in [5, 5.41) is 0. The van der Waals surface area contributed by atoms with Crippen LogP contribution >= 0.6 is 17.1 Å². The van der Waals surface area contributed by atoms with Crippen molar-refractivity contribution in [3.05, 3.63) is 0 Å². The van der Waals surface area contributed by atoms with E-state index >= 15 is 0 Å². The third kappa shape index (κ3) is 47.9. The fraction of sp³-hybridized carbons (Fsp3) is 1.00. The molecular weight excluding hydrogens is 1080 g/mol. The van der Waals surface area contributed by atoms with Gasteiger partial charge in [-0.2, -0.15) is 0 Å². The minimum atomic E-state index is -2.47. The van der Waals surface area contributed by atoms with E-state index in [0.29, 0.717) is 75.1 Å². The minimum Gasteiger partial charge on any atom is -0.691 e. The first-order chi connectivity index (χ1) is 30.0. The molecule has 6 nitrogen and oxygen atoms in total. The monoisotopic (exact) mass is 1180 g/mol. The van der Waals surface area contributed by atoms with E-state index in [0.717, 1.165) is 38.5 Å². The van der Waals surface area contributed by atoms with Crippen LogP contribution in [0, 0.1) is 35.5 Å². The van der Waals surface area contributed by atoms with Gasteiger partial charge >= 0.3 is 24.4 Å². The standard InChI is InChI=1S/3C16H35O2PS2.Sb/c3*1-5-9-11-15(7-3)13-17-19(20,21)18-14-16(8-4)12-10-6-2;/h3*15-16H,5-14H2,1-4H3,(H,20,21);/q;;;+3/p-3. The van der Waals surface area contributed by atoms with Crippen molar-refractivity contribution in [1.29, 1.82) is 0 Å². The first kappa shape index (κ1) is 74.1. The molecule has 0 aromatic heterocycles. The molecule has 16 heteroatoms. The summed E-state index contributed by atoms with van der Waals surface area (Å²) in [5.41, 5.74) is -7.42. The van der Waals surface area contributed by atoms with Crippen molar-refractivity contribution < 1.29 is 27.1 Å². The van der Waals surface area contributed by atoms with Gasteiger partial charge in [0.1, 0.15) is 0 Å². The summed E-state index contributed by atoms with van der Waals surface area (Å²) < 4.78 is 34.8. The zero-order valence-electron chi connectivity index (χ0n) is 43.4. The summed E-state index contributed by atoms with van der Waals surface area (Å²) in [5.74, 6) is 3.42. The molecule has 2 radical (unpaired) electrons. The summed E-state index contributed by atoms with van der Waals surface area (Å²) in [6, 6.07) is 0. The molecule has 0 aliphatic heterocycles. The second kappa shape index (κ2) is 50.1. The Balaban J connectivity index is -0.000000419. The van der Waals surface area contributed by atoms with Crippen molar-refractivity contribution in [2.75, 3.05) is 39.6 Å². The summed E-state index contributed by atoms with van der Waals surface area (Å²) in [6.45, 7) is 30.5. The van der Waals surface area contributed by atoms with Crippen LogP contribution in [0.2, 0.25) is 0 Å². The van der Waals surface area contributed by atoms with E-state index in [2.05, 4.69) is 83.1 Å². The third-order valence-electron chi connectivity index (χ3n) is 12.1. The van der Waals surface area contributed by atoms with Gasteiger partial charge in [-0.3, -0.25) is 0 Å². The van der Waals surface area contributed by atoms with Crippen LogP contribution in [0.5, 0.6) is 0 Å². The Bertz CT molecular complexity index is 931. The van der Waals surface area contributed by atoms with Crippen LogP contribution in [0.4, 0.5) is 0 Å². The van der Waals surface area contributed by atoms with E-state index in [4.69, 9.17) is 99.3 Å². The molecule has 0 amide bonds. The predicted octanol–water partition coefficient (Wildman–Crippen LogP) is 18.3. The Hall–Kier alpha value is 3.58. The zero-order chi connectivity index (χ0) is 48.4. The fourth-order valence-corrected chi connectivity index (χ4v) is 11.5. The second-order valence-corrected chi connectivity index (χ2v) is 32.6. The van der Waals surface area contributed by atoms with Crippen LogP contribution in [0.1, 0.15) is 237 Å². The van der Waals surface area contributed by atoms with E-state index in [1.807, 2.05) is 0 Å². The van der Waals surface area contributed by atoms with Gasteiger partial charge in [-0.15, -0.1) is 0 Å². The molecule has 0 aromatic carbocycles. The van der Waals surface area contributed by atoms with Crippen LogP contribution in [0.15, 0.2) is 0 Å². The van der Waals surface area contributed by atoms with Crippen molar-refractivity contribution in [3.63, 3.8) is 0 Å². The Kier molecular flexibility index (Phi) is 58.0. The molecule has 0 saturated heterocycles. The zero-order valence-corrected chi connectivity index (χ0v) is 53.5. The van der Waals surface area contributed by atoms with Crippen LogP contribution in [-0.2, 0) is 99.3 Å². The average Bonchev–Trinajstić information content (AvgIpc) is 3.27. The van der Waals surface area contributed by atoms with Gasteiger partial charge in [0, 0.05) is 0 Å². The molecule has 64 heavy (non-hydrogen) atoms. The van der Waals surface area contributed by atoms with Crippen molar-refractivity contribution in [3.8, 4) is 0 Å². The van der Waals surface area contributed by atoms with Crippen LogP contribution in [-0.4, -0.2) is 64.1 Å². The maximum atomic E-state index is 5.80. The van der Waals surface area contributed by atoms with E-state index < -0.39 is 17.1 Å². The van der Waals surface area contributed by atoms with Gasteiger partial charge in [0.2, 0.25) is 0 Å². The maximum absolute atomic E-state index is 5.80. The predicted molar refractivity (Wildman–Crippen MR) is 306 cm³/mol. The molecule has 0 N–H and O–H groups in total. The normalized spacial score (nSPS) is 17.1. The van der Waals surface area contributed by atoms with Gasteiger partial charge in [0.15, 0.2) is 0 Å². The Labute approximate surface area is 449 Å². The van der Waals surface area contributed by atoms with Gasteiger partial charge in [-0.25, -0.2) is 0 Å². The van der Waals surface area contributed by atoms with Crippen LogP contribution < -0.4 is 0 Å². The van der Waals surface area contributed by atoms with Gasteiger partial charge in [-0.05, 0) is 74.0 Å². The number of unbranched alkanes of at least 4 members (excludes halogenated alkanes) is 6. The Morgan fingerprint density at radius 3 is 0.516 bits per heavy atom. The van der Waals surface area contributed by atoms with E-state index in [1.54, 1.807) is 0 Å².